The van der Waals surface area contributed by atoms with Crippen molar-refractivity contribution in [2.45, 2.75) is 25.3 Å². The highest BCUT2D eigenvalue weighted by Crippen LogP contribution is 2.33. The van der Waals surface area contributed by atoms with Gasteiger partial charge in [0.15, 0.2) is 0 Å². The lowest BCUT2D eigenvalue weighted by Crippen LogP contribution is -2.15. The zero-order valence-corrected chi connectivity index (χ0v) is 21.2. The number of nitrogens with zero attached hydrogens (tertiary/aromatic N) is 3. The quantitative estimate of drug-likeness (QED) is 0.192. The van der Waals surface area contributed by atoms with Gasteiger partial charge < -0.3 is 19.4 Å². The summed E-state index contributed by atoms with van der Waals surface area (Å²) in [5.74, 6) is 2.13. The molecule has 0 atom stereocenters. The molecule has 194 valence electrons. The Bertz CT molecular complexity index is 1440. The van der Waals surface area contributed by atoms with Crippen molar-refractivity contribution in [3.63, 3.8) is 0 Å². The minimum absolute atomic E-state index is 0.246. The van der Waals surface area contributed by atoms with Crippen LogP contribution in [0.3, 0.4) is 0 Å². The summed E-state index contributed by atoms with van der Waals surface area (Å²) in [7, 11) is 0. The van der Waals surface area contributed by atoms with E-state index in [-0.39, 0.29) is 5.82 Å². The predicted molar refractivity (Wildman–Crippen MR) is 149 cm³/mol. The molecule has 0 unspecified atom stereocenters. The smallest absolute Gasteiger partial charge is 0.222 e. The molecule has 0 spiro atoms. The summed E-state index contributed by atoms with van der Waals surface area (Å²) >= 11 is 0. The molecule has 0 radical (unpaired) electrons. The number of imidazole rings is 1. The average molecular weight is 511 g/mol. The van der Waals surface area contributed by atoms with Gasteiger partial charge in [0.05, 0.1) is 17.6 Å². The number of benzene rings is 2. The molecule has 7 heteroatoms. The van der Waals surface area contributed by atoms with Gasteiger partial charge in [-0.3, -0.25) is 0 Å². The Balaban J connectivity index is 1.29. The van der Waals surface area contributed by atoms with Crippen LogP contribution >= 0.6 is 0 Å². The summed E-state index contributed by atoms with van der Waals surface area (Å²) in [5, 5.41) is 3.41. The van der Waals surface area contributed by atoms with Crippen LogP contribution in [0.4, 0.5) is 10.3 Å². The highest BCUT2D eigenvalue weighted by atomic mass is 19.1. The first kappa shape index (κ1) is 25.4. The fourth-order valence-electron chi connectivity index (χ4n) is 4.63. The van der Waals surface area contributed by atoms with E-state index in [1.807, 2.05) is 48.6 Å². The number of anilines is 1. The lowest BCUT2D eigenvalue weighted by molar-refractivity contribution is 0.0847. The SMILES string of the molecule is C=C/C=C(\C=C/CNc1nc2ccccc2n1Cc1ccc(F)cc1)Oc1ncccc1C1CCOCC1. The van der Waals surface area contributed by atoms with E-state index in [9.17, 15) is 4.39 Å². The molecule has 1 aliphatic rings. The van der Waals surface area contributed by atoms with Gasteiger partial charge in [-0.05, 0) is 66.8 Å². The number of pyridine rings is 1. The van der Waals surface area contributed by atoms with Crippen molar-refractivity contribution in [2.75, 3.05) is 25.1 Å². The second-order valence-electron chi connectivity index (χ2n) is 9.11. The van der Waals surface area contributed by atoms with Crippen molar-refractivity contribution >= 4 is 17.0 Å². The first-order valence-corrected chi connectivity index (χ1v) is 12.8. The standard InChI is InChI=1S/C31H31FN4O2/c1-2-7-26(38-30-27(9-6-18-33-30)24-16-20-37-21-17-24)8-5-19-34-31-35-28-10-3-4-11-29(28)36(31)22-23-12-14-25(32)15-13-23/h2-15,18,24H,1,16-17,19-22H2,(H,34,35)/b8-5-,26-7+. The van der Waals surface area contributed by atoms with Gasteiger partial charge in [-0.1, -0.05) is 49.1 Å². The zero-order valence-electron chi connectivity index (χ0n) is 21.2. The number of ether oxygens (including phenoxy) is 2. The van der Waals surface area contributed by atoms with E-state index in [0.29, 0.717) is 30.6 Å². The number of halogens is 1. The van der Waals surface area contributed by atoms with Crippen LogP contribution in [-0.2, 0) is 11.3 Å². The summed E-state index contributed by atoms with van der Waals surface area (Å²) in [4.78, 5) is 9.28. The van der Waals surface area contributed by atoms with Crippen LogP contribution < -0.4 is 10.1 Å². The van der Waals surface area contributed by atoms with E-state index >= 15 is 0 Å². The van der Waals surface area contributed by atoms with Crippen LogP contribution in [0.15, 0.2) is 104 Å². The molecule has 1 saturated heterocycles. The molecule has 2 aromatic carbocycles. The third kappa shape index (κ3) is 6.18. The summed E-state index contributed by atoms with van der Waals surface area (Å²) in [5.41, 5.74) is 4.00. The van der Waals surface area contributed by atoms with Crippen LogP contribution in [0.5, 0.6) is 5.88 Å². The van der Waals surface area contributed by atoms with E-state index in [4.69, 9.17) is 14.5 Å². The van der Waals surface area contributed by atoms with E-state index in [0.717, 1.165) is 54.2 Å². The van der Waals surface area contributed by atoms with Crippen LogP contribution in [0.2, 0.25) is 0 Å². The zero-order chi connectivity index (χ0) is 26.2. The molecular formula is C31H31FN4O2. The molecule has 2 aromatic heterocycles. The van der Waals surface area contributed by atoms with Crippen molar-refractivity contribution in [2.24, 2.45) is 0 Å². The van der Waals surface area contributed by atoms with Crippen molar-refractivity contribution in [1.82, 2.24) is 14.5 Å². The van der Waals surface area contributed by atoms with Crippen molar-refractivity contribution in [1.29, 1.82) is 0 Å². The van der Waals surface area contributed by atoms with Gasteiger partial charge in [0.25, 0.3) is 0 Å². The molecule has 1 aliphatic heterocycles. The Morgan fingerprint density at radius 1 is 1.11 bits per heavy atom. The maximum absolute atomic E-state index is 13.4. The normalized spacial score (nSPS) is 14.7. The van der Waals surface area contributed by atoms with E-state index in [1.165, 1.54) is 12.1 Å². The fraction of sp³-hybridized carbons (Fsp3) is 0.226. The molecule has 5 rings (SSSR count). The minimum atomic E-state index is -0.246. The Kier molecular flexibility index (Phi) is 8.26. The van der Waals surface area contributed by atoms with Crippen LogP contribution in [0.25, 0.3) is 11.0 Å². The van der Waals surface area contributed by atoms with Gasteiger partial charge in [0.1, 0.15) is 11.6 Å². The van der Waals surface area contributed by atoms with Gasteiger partial charge >= 0.3 is 0 Å². The first-order chi connectivity index (χ1) is 18.7. The third-order valence-corrected chi connectivity index (χ3v) is 6.53. The second kappa shape index (κ2) is 12.3. The molecule has 0 bridgehead atoms. The molecular weight excluding hydrogens is 479 g/mol. The lowest BCUT2D eigenvalue weighted by Gasteiger charge is -2.23. The van der Waals surface area contributed by atoms with Gasteiger partial charge in [-0.15, -0.1) is 0 Å². The van der Waals surface area contributed by atoms with Gasteiger partial charge in [-0.2, -0.15) is 0 Å². The first-order valence-electron chi connectivity index (χ1n) is 12.8. The topological polar surface area (TPSA) is 61.2 Å². The molecule has 38 heavy (non-hydrogen) atoms. The molecule has 4 aromatic rings. The summed E-state index contributed by atoms with van der Waals surface area (Å²) in [6, 6.07) is 18.6. The maximum atomic E-state index is 13.4. The number of hydrogen-bond acceptors (Lipinski definition) is 5. The lowest BCUT2D eigenvalue weighted by atomic mass is 9.92. The maximum Gasteiger partial charge on any atom is 0.222 e. The largest absolute Gasteiger partial charge is 0.439 e. The molecule has 6 nitrogen and oxygen atoms in total. The second-order valence-corrected chi connectivity index (χ2v) is 9.11. The van der Waals surface area contributed by atoms with Crippen molar-refractivity contribution < 1.29 is 13.9 Å². The van der Waals surface area contributed by atoms with Gasteiger partial charge in [-0.25, -0.2) is 14.4 Å². The Hall–Kier alpha value is -4.23. The Morgan fingerprint density at radius 3 is 2.74 bits per heavy atom. The summed E-state index contributed by atoms with van der Waals surface area (Å²) < 4.78 is 27.3. The van der Waals surface area contributed by atoms with E-state index < -0.39 is 0 Å². The number of rotatable bonds is 10. The molecule has 1 fully saturated rings. The summed E-state index contributed by atoms with van der Waals surface area (Å²) in [6.45, 7) is 6.45. The monoisotopic (exact) mass is 510 g/mol. The number of para-hydroxylation sites is 2. The van der Waals surface area contributed by atoms with Crippen LogP contribution in [0, 0.1) is 5.82 Å². The molecule has 0 saturated carbocycles. The molecule has 0 amide bonds. The van der Waals surface area contributed by atoms with E-state index in [2.05, 4.69) is 27.5 Å². The predicted octanol–water partition coefficient (Wildman–Crippen LogP) is 6.63. The molecule has 0 aliphatic carbocycles. The van der Waals surface area contributed by atoms with Crippen molar-refractivity contribution in [3.05, 3.63) is 120 Å². The van der Waals surface area contributed by atoms with E-state index in [1.54, 1.807) is 24.4 Å². The Labute approximate surface area is 222 Å². The highest BCUT2D eigenvalue weighted by molar-refractivity contribution is 5.78. The number of nitrogens with one attached hydrogen (secondary N) is 1. The van der Waals surface area contributed by atoms with Crippen LogP contribution in [0.1, 0.15) is 29.9 Å². The van der Waals surface area contributed by atoms with Crippen LogP contribution in [-0.4, -0.2) is 34.3 Å². The molecule has 3 heterocycles. The van der Waals surface area contributed by atoms with Crippen molar-refractivity contribution in [3.8, 4) is 5.88 Å². The minimum Gasteiger partial charge on any atom is -0.439 e. The average Bonchev–Trinajstić information content (AvgIpc) is 3.30. The summed E-state index contributed by atoms with van der Waals surface area (Å²) in [6.07, 6.45) is 11.1. The number of allylic oxidation sites excluding steroid dienone is 3. The number of aromatic nitrogens is 3. The third-order valence-electron chi connectivity index (χ3n) is 6.53. The fourth-order valence-corrected chi connectivity index (χ4v) is 4.63. The number of hydrogen-bond donors (Lipinski definition) is 1. The highest BCUT2D eigenvalue weighted by Gasteiger charge is 2.20. The Morgan fingerprint density at radius 2 is 1.92 bits per heavy atom. The number of fused-ring (bicyclic) bond motifs is 1. The molecule has 1 N–H and O–H groups in total. The van der Waals surface area contributed by atoms with Gasteiger partial charge in [0, 0.05) is 31.5 Å². The van der Waals surface area contributed by atoms with Gasteiger partial charge in [0.2, 0.25) is 11.8 Å².